The summed E-state index contributed by atoms with van der Waals surface area (Å²) in [7, 11) is 0. The van der Waals surface area contributed by atoms with Gasteiger partial charge in [0.05, 0.1) is 0 Å². The molecule has 0 N–H and O–H groups in total. The second-order valence-electron chi connectivity index (χ2n) is 4.53. The molecule has 0 fully saturated rings. The quantitative estimate of drug-likeness (QED) is 0.439. The molecule has 0 radical (unpaired) electrons. The van der Waals surface area contributed by atoms with Gasteiger partial charge in [-0.2, -0.15) is 0 Å². The highest BCUT2D eigenvalue weighted by Gasteiger charge is 2.32. The fourth-order valence-electron chi connectivity index (χ4n) is 1.39. The van der Waals surface area contributed by atoms with E-state index >= 15 is 0 Å². The van der Waals surface area contributed by atoms with Crippen molar-refractivity contribution in [2.24, 2.45) is 0 Å². The van der Waals surface area contributed by atoms with Crippen LogP contribution in [0.5, 0.6) is 5.75 Å². The molecule has 0 bridgehead atoms. The van der Waals surface area contributed by atoms with Gasteiger partial charge in [0.2, 0.25) is 0 Å². The Bertz CT molecular complexity index is 535. The molecule has 0 aliphatic heterocycles. The Morgan fingerprint density at radius 2 is 1.90 bits per heavy atom. The average molecular weight is 290 g/mol. The van der Waals surface area contributed by atoms with Crippen molar-refractivity contribution in [3.63, 3.8) is 0 Å². The molecule has 0 saturated heterocycles. The standard InChI is InChI=1S/C16H18O5/c1-5-14(17)21-16(4,11-19-15(18)12(2)3)20-13-9-7-6-8-10-13/h5-10H,1-2,11H2,3-4H3. The first-order valence-electron chi connectivity index (χ1n) is 6.28. The predicted octanol–water partition coefficient (Wildman–Crippen LogP) is 2.63. The van der Waals surface area contributed by atoms with Crippen molar-refractivity contribution in [2.75, 3.05) is 6.61 Å². The topological polar surface area (TPSA) is 61.8 Å². The summed E-state index contributed by atoms with van der Waals surface area (Å²) in [6.45, 7) is 9.54. The lowest BCUT2D eigenvalue weighted by Crippen LogP contribution is -2.43. The van der Waals surface area contributed by atoms with E-state index in [1.165, 1.54) is 13.8 Å². The van der Waals surface area contributed by atoms with E-state index in [1.54, 1.807) is 24.3 Å². The van der Waals surface area contributed by atoms with Crippen molar-refractivity contribution in [1.29, 1.82) is 0 Å². The molecule has 0 saturated carbocycles. The van der Waals surface area contributed by atoms with Gasteiger partial charge in [-0.05, 0) is 19.1 Å². The number of carbonyl (C=O) groups excluding carboxylic acids is 2. The lowest BCUT2D eigenvalue weighted by Gasteiger charge is -2.29. The SMILES string of the molecule is C=CC(=O)OC(C)(COC(=O)C(=C)C)Oc1ccccc1. The molecule has 1 unspecified atom stereocenters. The second-order valence-corrected chi connectivity index (χ2v) is 4.53. The summed E-state index contributed by atoms with van der Waals surface area (Å²) < 4.78 is 15.8. The van der Waals surface area contributed by atoms with Crippen LogP contribution in [0, 0.1) is 0 Å². The summed E-state index contributed by atoms with van der Waals surface area (Å²) >= 11 is 0. The Kier molecular flexibility index (Phi) is 5.72. The largest absolute Gasteiger partial charge is 0.454 e. The maximum absolute atomic E-state index is 11.5. The molecule has 5 nitrogen and oxygen atoms in total. The van der Waals surface area contributed by atoms with E-state index in [2.05, 4.69) is 13.2 Å². The molecule has 1 rings (SSSR count). The molecule has 21 heavy (non-hydrogen) atoms. The first-order chi connectivity index (χ1) is 9.86. The molecule has 0 heterocycles. The van der Waals surface area contributed by atoms with Crippen LogP contribution in [0.15, 0.2) is 55.1 Å². The van der Waals surface area contributed by atoms with Gasteiger partial charge in [0.15, 0.2) is 6.61 Å². The molecule has 112 valence electrons. The van der Waals surface area contributed by atoms with Crippen LogP contribution < -0.4 is 4.74 Å². The van der Waals surface area contributed by atoms with Crippen LogP contribution >= 0.6 is 0 Å². The Morgan fingerprint density at radius 3 is 2.43 bits per heavy atom. The van der Waals surface area contributed by atoms with Gasteiger partial charge in [-0.1, -0.05) is 31.4 Å². The van der Waals surface area contributed by atoms with Gasteiger partial charge < -0.3 is 14.2 Å². The minimum absolute atomic E-state index is 0.243. The van der Waals surface area contributed by atoms with Gasteiger partial charge in [0.1, 0.15) is 5.75 Å². The molecule has 1 aromatic carbocycles. The number of hydrogen-bond donors (Lipinski definition) is 0. The lowest BCUT2D eigenvalue weighted by molar-refractivity contribution is -0.205. The first-order valence-corrected chi connectivity index (χ1v) is 6.28. The minimum atomic E-state index is -1.46. The summed E-state index contributed by atoms with van der Waals surface area (Å²) in [4.78, 5) is 22.9. The minimum Gasteiger partial charge on any atom is -0.454 e. The summed E-state index contributed by atoms with van der Waals surface area (Å²) in [5.74, 6) is -2.26. The third-order valence-electron chi connectivity index (χ3n) is 2.37. The van der Waals surface area contributed by atoms with Crippen LogP contribution in [0.3, 0.4) is 0 Å². The average Bonchev–Trinajstić information content (AvgIpc) is 2.45. The smallest absolute Gasteiger partial charge is 0.333 e. The van der Waals surface area contributed by atoms with Crippen LogP contribution in [0.1, 0.15) is 13.8 Å². The summed E-state index contributed by atoms with van der Waals surface area (Å²) in [5.41, 5.74) is 0.243. The zero-order valence-electron chi connectivity index (χ0n) is 12.1. The Balaban J connectivity index is 2.83. The van der Waals surface area contributed by atoms with E-state index in [9.17, 15) is 9.59 Å². The molecule has 0 aliphatic carbocycles. The highest BCUT2D eigenvalue weighted by Crippen LogP contribution is 2.20. The molecule has 5 heteroatoms. The molecule has 0 amide bonds. The number of esters is 2. The Hall–Kier alpha value is -2.56. The van der Waals surface area contributed by atoms with E-state index in [0.29, 0.717) is 5.75 Å². The molecule has 0 spiro atoms. The van der Waals surface area contributed by atoms with Crippen molar-refractivity contribution in [1.82, 2.24) is 0 Å². The normalized spacial score (nSPS) is 12.7. The predicted molar refractivity (Wildman–Crippen MR) is 77.5 cm³/mol. The van der Waals surface area contributed by atoms with E-state index in [1.807, 2.05) is 6.07 Å². The summed E-state index contributed by atoms with van der Waals surface area (Å²) in [6.07, 6.45) is 1.01. The monoisotopic (exact) mass is 290 g/mol. The van der Waals surface area contributed by atoms with Crippen molar-refractivity contribution < 1.29 is 23.8 Å². The summed E-state index contributed by atoms with van der Waals surface area (Å²) in [5, 5.41) is 0. The number of para-hydroxylation sites is 1. The summed E-state index contributed by atoms with van der Waals surface area (Å²) in [6, 6.07) is 8.75. The van der Waals surface area contributed by atoms with Gasteiger partial charge in [-0.15, -0.1) is 0 Å². The van der Waals surface area contributed by atoms with Crippen molar-refractivity contribution in [2.45, 2.75) is 19.6 Å². The van der Waals surface area contributed by atoms with Crippen LogP contribution in [0.25, 0.3) is 0 Å². The zero-order valence-corrected chi connectivity index (χ0v) is 12.1. The van der Waals surface area contributed by atoms with Crippen LogP contribution in [-0.2, 0) is 19.1 Å². The highest BCUT2D eigenvalue weighted by atomic mass is 16.7. The first kappa shape index (κ1) is 16.5. The van der Waals surface area contributed by atoms with Gasteiger partial charge in [0, 0.05) is 18.6 Å². The lowest BCUT2D eigenvalue weighted by atomic mass is 10.3. The number of hydrogen-bond acceptors (Lipinski definition) is 5. The van der Waals surface area contributed by atoms with E-state index in [0.717, 1.165) is 6.08 Å². The Labute approximate surface area is 123 Å². The third-order valence-corrected chi connectivity index (χ3v) is 2.37. The maximum atomic E-state index is 11.5. The van der Waals surface area contributed by atoms with Crippen molar-refractivity contribution in [3.05, 3.63) is 55.1 Å². The van der Waals surface area contributed by atoms with Crippen LogP contribution in [0.2, 0.25) is 0 Å². The van der Waals surface area contributed by atoms with Gasteiger partial charge in [-0.3, -0.25) is 0 Å². The van der Waals surface area contributed by atoms with Gasteiger partial charge in [0.25, 0.3) is 5.79 Å². The second kappa shape index (κ2) is 7.28. The molecular weight excluding hydrogens is 272 g/mol. The Morgan fingerprint density at radius 1 is 1.29 bits per heavy atom. The van der Waals surface area contributed by atoms with Crippen molar-refractivity contribution >= 4 is 11.9 Å². The highest BCUT2D eigenvalue weighted by molar-refractivity contribution is 5.87. The molecular formula is C16H18O5. The maximum Gasteiger partial charge on any atom is 0.333 e. The van der Waals surface area contributed by atoms with E-state index < -0.39 is 17.7 Å². The van der Waals surface area contributed by atoms with Gasteiger partial charge in [-0.25, -0.2) is 9.59 Å². The fraction of sp³-hybridized carbons (Fsp3) is 0.250. The van der Waals surface area contributed by atoms with Crippen LogP contribution in [-0.4, -0.2) is 24.3 Å². The van der Waals surface area contributed by atoms with E-state index in [-0.39, 0.29) is 12.2 Å². The molecule has 1 aromatic rings. The number of rotatable bonds is 7. The zero-order chi connectivity index (χ0) is 15.9. The number of benzene rings is 1. The van der Waals surface area contributed by atoms with Gasteiger partial charge >= 0.3 is 11.9 Å². The molecule has 0 aliphatic rings. The van der Waals surface area contributed by atoms with Crippen molar-refractivity contribution in [3.8, 4) is 5.75 Å². The third kappa shape index (κ3) is 5.52. The molecule has 0 aromatic heterocycles. The molecule has 1 atom stereocenters. The number of ether oxygens (including phenoxy) is 3. The van der Waals surface area contributed by atoms with Crippen LogP contribution in [0.4, 0.5) is 0 Å². The number of carbonyl (C=O) groups is 2. The fourth-order valence-corrected chi connectivity index (χ4v) is 1.39. The van der Waals surface area contributed by atoms with E-state index in [4.69, 9.17) is 14.2 Å².